The normalized spacial score (nSPS) is 11.9. The molecule has 1 unspecified atom stereocenters. The van der Waals surface area contributed by atoms with E-state index in [0.29, 0.717) is 28.3 Å². The fraction of sp³-hybridized carbons (Fsp3) is 0.132. The first-order chi connectivity index (χ1) is 22.8. The molecule has 0 saturated carbocycles. The van der Waals surface area contributed by atoms with E-state index in [4.69, 9.17) is 25.4 Å². The van der Waals surface area contributed by atoms with Gasteiger partial charge in [0.1, 0.15) is 12.4 Å². The van der Waals surface area contributed by atoms with Crippen molar-refractivity contribution in [3.8, 4) is 22.6 Å². The van der Waals surface area contributed by atoms with Crippen LogP contribution in [0.5, 0.6) is 11.5 Å². The van der Waals surface area contributed by atoms with Gasteiger partial charge in [-0.3, -0.25) is 15.0 Å². The number of amidine groups is 1. The van der Waals surface area contributed by atoms with Crippen molar-refractivity contribution in [2.45, 2.75) is 25.8 Å². The van der Waals surface area contributed by atoms with Gasteiger partial charge in [-0.15, -0.1) is 0 Å². The second-order valence-corrected chi connectivity index (χ2v) is 10.8. The van der Waals surface area contributed by atoms with Crippen LogP contribution in [0.25, 0.3) is 11.1 Å². The lowest BCUT2D eigenvalue weighted by Crippen LogP contribution is -2.52. The lowest BCUT2D eigenvalue weighted by Gasteiger charge is -2.34. The number of amides is 1. The summed E-state index contributed by atoms with van der Waals surface area (Å²) in [6.45, 7) is 1.70. The number of hydrogen-bond acceptors (Lipinski definition) is 7. The van der Waals surface area contributed by atoms with Gasteiger partial charge < -0.3 is 30.6 Å². The monoisotopic (exact) mass is 628 g/mol. The molecule has 47 heavy (non-hydrogen) atoms. The van der Waals surface area contributed by atoms with Crippen LogP contribution in [0.3, 0.4) is 0 Å². The van der Waals surface area contributed by atoms with E-state index < -0.39 is 17.6 Å². The van der Waals surface area contributed by atoms with Crippen molar-refractivity contribution in [3.05, 3.63) is 150 Å². The van der Waals surface area contributed by atoms with E-state index in [1.54, 1.807) is 42.5 Å². The molecule has 1 atom stereocenters. The van der Waals surface area contributed by atoms with Crippen LogP contribution in [0.4, 0.5) is 5.69 Å². The molecule has 0 fully saturated rings. The maximum Gasteiger partial charge on any atom is 0.305 e. The summed E-state index contributed by atoms with van der Waals surface area (Å²) in [5.41, 5.74) is 8.93. The van der Waals surface area contributed by atoms with Gasteiger partial charge >= 0.3 is 5.97 Å². The molecule has 0 aliphatic heterocycles. The van der Waals surface area contributed by atoms with Gasteiger partial charge in [0, 0.05) is 30.3 Å². The molecule has 9 nitrogen and oxygen atoms in total. The minimum Gasteiger partial charge on any atom is -0.493 e. The number of nitrogens with one attached hydrogen (secondary N) is 3. The Bertz CT molecular complexity index is 1830. The van der Waals surface area contributed by atoms with Gasteiger partial charge in [0.2, 0.25) is 0 Å². The summed E-state index contributed by atoms with van der Waals surface area (Å²) in [7, 11) is 1.50. The zero-order valence-corrected chi connectivity index (χ0v) is 26.2. The molecule has 0 heterocycles. The standard InChI is InChI=1S/C38H36N4O5/c1-26(43)47-38(37(44)41-24-27-9-5-3-6-10-27,42-33-20-17-31(18-21-33)36(39)40)32-19-22-34(35(23-32)45-2)46-25-28-13-15-30(16-14-28)29-11-7-4-8-12-29/h3-23,42H,24-25H2,1-2H3,(H3,39,40)(H,41,44). The molecule has 0 saturated heterocycles. The van der Waals surface area contributed by atoms with E-state index in [0.717, 1.165) is 22.3 Å². The van der Waals surface area contributed by atoms with Crippen molar-refractivity contribution in [2.24, 2.45) is 5.73 Å². The minimum atomic E-state index is -2.00. The molecule has 0 aliphatic carbocycles. The second kappa shape index (κ2) is 14.8. The summed E-state index contributed by atoms with van der Waals surface area (Å²) in [4.78, 5) is 26.7. The Morgan fingerprint density at radius 3 is 2.02 bits per heavy atom. The summed E-state index contributed by atoms with van der Waals surface area (Å²) < 4.78 is 17.7. The molecule has 238 valence electrons. The van der Waals surface area contributed by atoms with Gasteiger partial charge in [-0.1, -0.05) is 84.9 Å². The van der Waals surface area contributed by atoms with Crippen molar-refractivity contribution >= 4 is 23.4 Å². The number of rotatable bonds is 13. The summed E-state index contributed by atoms with van der Waals surface area (Å²) in [6, 6.07) is 39.1. The molecule has 0 spiro atoms. The Morgan fingerprint density at radius 1 is 0.766 bits per heavy atom. The average Bonchev–Trinajstić information content (AvgIpc) is 3.10. The number of benzene rings is 5. The molecule has 9 heteroatoms. The molecule has 5 N–H and O–H groups in total. The van der Waals surface area contributed by atoms with Crippen LogP contribution in [0.1, 0.15) is 29.2 Å². The van der Waals surface area contributed by atoms with Crippen LogP contribution in [-0.4, -0.2) is 24.8 Å². The van der Waals surface area contributed by atoms with Gasteiger partial charge in [0.05, 0.1) is 7.11 Å². The lowest BCUT2D eigenvalue weighted by atomic mass is 9.99. The van der Waals surface area contributed by atoms with Crippen molar-refractivity contribution in [2.75, 3.05) is 12.4 Å². The lowest BCUT2D eigenvalue weighted by molar-refractivity contribution is -0.165. The highest BCUT2D eigenvalue weighted by Crippen LogP contribution is 2.36. The molecule has 0 bridgehead atoms. The Labute approximate surface area is 273 Å². The van der Waals surface area contributed by atoms with E-state index >= 15 is 0 Å². The summed E-state index contributed by atoms with van der Waals surface area (Å²) in [5, 5.41) is 13.7. The molecule has 0 radical (unpaired) electrons. The molecular formula is C38H36N4O5. The quantitative estimate of drug-likeness (QED) is 0.0515. The van der Waals surface area contributed by atoms with Gasteiger partial charge in [-0.05, 0) is 64.7 Å². The number of carbonyl (C=O) groups is 2. The van der Waals surface area contributed by atoms with Gasteiger partial charge in [0.15, 0.2) is 11.5 Å². The van der Waals surface area contributed by atoms with E-state index in [1.165, 1.54) is 14.0 Å². The maximum absolute atomic E-state index is 14.1. The SMILES string of the molecule is COc1cc(C(Nc2ccc(C(=N)N)cc2)(OC(C)=O)C(=O)NCc2ccccc2)ccc1OCc1ccc(-c2ccccc2)cc1. The molecule has 5 aromatic rings. The van der Waals surface area contributed by atoms with Crippen molar-refractivity contribution < 1.29 is 23.8 Å². The third kappa shape index (κ3) is 7.96. The average molecular weight is 629 g/mol. The number of methoxy groups -OCH3 is 1. The van der Waals surface area contributed by atoms with Crippen molar-refractivity contribution in [1.29, 1.82) is 5.41 Å². The number of nitrogen functional groups attached to an aromatic ring is 1. The van der Waals surface area contributed by atoms with Crippen molar-refractivity contribution in [3.63, 3.8) is 0 Å². The highest BCUT2D eigenvalue weighted by molar-refractivity contribution is 5.95. The van der Waals surface area contributed by atoms with Gasteiger partial charge in [-0.2, -0.15) is 0 Å². The highest BCUT2D eigenvalue weighted by Gasteiger charge is 2.45. The third-order valence-electron chi connectivity index (χ3n) is 7.45. The summed E-state index contributed by atoms with van der Waals surface area (Å²) >= 11 is 0. The van der Waals surface area contributed by atoms with Crippen LogP contribution in [0.2, 0.25) is 0 Å². The maximum atomic E-state index is 14.1. The number of hydrogen-bond donors (Lipinski definition) is 4. The van der Waals surface area contributed by atoms with Crippen LogP contribution in [-0.2, 0) is 33.2 Å². The van der Waals surface area contributed by atoms with Crippen molar-refractivity contribution in [1.82, 2.24) is 5.32 Å². The molecule has 0 aromatic heterocycles. The molecule has 0 aliphatic rings. The molecule has 5 rings (SSSR count). The zero-order chi connectivity index (χ0) is 33.2. The molecule has 1 amide bonds. The number of carbonyl (C=O) groups excluding carboxylic acids is 2. The van der Waals surface area contributed by atoms with Crippen LogP contribution in [0, 0.1) is 5.41 Å². The first-order valence-corrected chi connectivity index (χ1v) is 15.0. The fourth-order valence-electron chi connectivity index (χ4n) is 5.04. The first kappa shape index (κ1) is 32.3. The van der Waals surface area contributed by atoms with Crippen LogP contribution >= 0.6 is 0 Å². The Morgan fingerprint density at radius 2 is 1.40 bits per heavy atom. The van der Waals surface area contributed by atoms with E-state index in [1.807, 2.05) is 72.8 Å². The van der Waals surface area contributed by atoms with Crippen LogP contribution < -0.4 is 25.8 Å². The number of nitrogens with two attached hydrogens (primary N) is 1. The Kier molecular flexibility index (Phi) is 10.2. The summed E-state index contributed by atoms with van der Waals surface area (Å²) in [5.74, 6) is -0.622. The number of esters is 1. The fourth-order valence-corrected chi connectivity index (χ4v) is 5.04. The van der Waals surface area contributed by atoms with Crippen LogP contribution in [0.15, 0.2) is 127 Å². The third-order valence-corrected chi connectivity index (χ3v) is 7.45. The predicted octanol–water partition coefficient (Wildman–Crippen LogP) is 6.37. The first-order valence-electron chi connectivity index (χ1n) is 15.0. The smallest absolute Gasteiger partial charge is 0.305 e. The van der Waals surface area contributed by atoms with Gasteiger partial charge in [-0.25, -0.2) is 0 Å². The minimum absolute atomic E-state index is 0.101. The molecular weight excluding hydrogens is 592 g/mol. The molecule has 5 aromatic carbocycles. The van der Waals surface area contributed by atoms with Gasteiger partial charge in [0.25, 0.3) is 11.6 Å². The topological polar surface area (TPSA) is 136 Å². The van der Waals surface area contributed by atoms with E-state index in [9.17, 15) is 9.59 Å². The Balaban J connectivity index is 1.45. The summed E-state index contributed by atoms with van der Waals surface area (Å²) in [6.07, 6.45) is 0. The largest absolute Gasteiger partial charge is 0.493 e. The second-order valence-electron chi connectivity index (χ2n) is 10.8. The van der Waals surface area contributed by atoms with E-state index in [-0.39, 0.29) is 19.0 Å². The Hall–Kier alpha value is -6.09. The number of ether oxygens (including phenoxy) is 3. The zero-order valence-electron chi connectivity index (χ0n) is 26.2. The highest BCUT2D eigenvalue weighted by atomic mass is 16.6. The number of anilines is 1. The predicted molar refractivity (Wildman–Crippen MR) is 182 cm³/mol. The van der Waals surface area contributed by atoms with E-state index in [2.05, 4.69) is 22.8 Å².